The first kappa shape index (κ1) is 16.0. The van der Waals surface area contributed by atoms with E-state index in [-0.39, 0.29) is 5.91 Å². The highest BCUT2D eigenvalue weighted by Gasteiger charge is 2.14. The largest absolute Gasteiger partial charge is 0.270 e. The van der Waals surface area contributed by atoms with E-state index in [1.54, 1.807) is 0 Å². The summed E-state index contributed by atoms with van der Waals surface area (Å²) in [5.74, 6) is -0.242. The highest BCUT2D eigenvalue weighted by atomic mass is 16.2. The first-order valence-electron chi connectivity index (χ1n) is 8.25. The van der Waals surface area contributed by atoms with Gasteiger partial charge in [-0.15, -0.1) is 10.2 Å². The van der Waals surface area contributed by atoms with E-state index in [4.69, 9.17) is 4.98 Å². The maximum atomic E-state index is 12.8. The Morgan fingerprint density at radius 1 is 0.962 bits per heavy atom. The monoisotopic (exact) mass is 343 g/mol. The summed E-state index contributed by atoms with van der Waals surface area (Å²) >= 11 is 0. The van der Waals surface area contributed by atoms with E-state index in [1.807, 2.05) is 36.4 Å². The Morgan fingerprint density at radius 2 is 1.73 bits per heavy atom. The number of nitrogens with one attached hydrogen (secondary N) is 1. The van der Waals surface area contributed by atoms with Crippen LogP contribution in [0.2, 0.25) is 0 Å². The number of pyridine rings is 1. The number of amides is 1. The predicted molar refractivity (Wildman–Crippen MR) is 100 cm³/mol. The first-order chi connectivity index (χ1) is 12.6. The molecule has 26 heavy (non-hydrogen) atoms. The summed E-state index contributed by atoms with van der Waals surface area (Å²) in [6.07, 6.45) is 2.87. The van der Waals surface area contributed by atoms with Crippen molar-refractivity contribution in [3.05, 3.63) is 77.9 Å². The Balaban J connectivity index is 1.85. The van der Waals surface area contributed by atoms with Crippen LogP contribution in [0.25, 0.3) is 22.2 Å². The van der Waals surface area contributed by atoms with E-state index in [9.17, 15) is 4.79 Å². The van der Waals surface area contributed by atoms with E-state index in [0.717, 1.165) is 22.2 Å². The molecule has 6 heteroatoms. The fourth-order valence-corrected chi connectivity index (χ4v) is 2.85. The van der Waals surface area contributed by atoms with Crippen molar-refractivity contribution in [3.8, 4) is 11.3 Å². The zero-order chi connectivity index (χ0) is 18.1. The number of fused-ring (bicyclic) bond motifs is 1. The van der Waals surface area contributed by atoms with Crippen LogP contribution < -0.4 is 5.43 Å². The molecule has 2 aromatic heterocycles. The Kier molecular flexibility index (Phi) is 3.93. The van der Waals surface area contributed by atoms with E-state index in [2.05, 4.69) is 41.6 Å². The van der Waals surface area contributed by atoms with Crippen molar-refractivity contribution in [1.82, 2.24) is 19.9 Å². The van der Waals surface area contributed by atoms with Crippen molar-refractivity contribution in [2.24, 2.45) is 0 Å². The molecule has 2 aromatic carbocycles. The average molecular weight is 343 g/mol. The van der Waals surface area contributed by atoms with E-state index in [0.29, 0.717) is 5.56 Å². The van der Waals surface area contributed by atoms with Crippen molar-refractivity contribution in [2.45, 2.75) is 13.8 Å². The van der Waals surface area contributed by atoms with Gasteiger partial charge in [0.25, 0.3) is 5.91 Å². The minimum absolute atomic E-state index is 0.242. The van der Waals surface area contributed by atoms with Gasteiger partial charge >= 0.3 is 0 Å². The molecule has 1 N–H and O–H groups in total. The summed E-state index contributed by atoms with van der Waals surface area (Å²) in [5.41, 5.74) is 8.24. The molecule has 0 aliphatic rings. The number of benzene rings is 2. The third-order valence-corrected chi connectivity index (χ3v) is 4.41. The first-order valence-corrected chi connectivity index (χ1v) is 8.25. The fourth-order valence-electron chi connectivity index (χ4n) is 2.85. The molecule has 0 saturated heterocycles. The van der Waals surface area contributed by atoms with Crippen LogP contribution in [-0.4, -0.2) is 25.8 Å². The second-order valence-corrected chi connectivity index (χ2v) is 6.18. The third kappa shape index (κ3) is 2.93. The minimum Gasteiger partial charge on any atom is -0.267 e. The minimum atomic E-state index is -0.242. The molecule has 1 amide bonds. The molecule has 0 bridgehead atoms. The van der Waals surface area contributed by atoms with Crippen LogP contribution >= 0.6 is 0 Å². The van der Waals surface area contributed by atoms with Crippen molar-refractivity contribution in [3.63, 3.8) is 0 Å². The number of para-hydroxylation sites is 1. The average Bonchev–Trinajstić information content (AvgIpc) is 3.16. The predicted octanol–water partition coefficient (Wildman–Crippen LogP) is 3.49. The highest BCUT2D eigenvalue weighted by molar-refractivity contribution is 6.10. The number of carbonyl (C=O) groups is 1. The summed E-state index contributed by atoms with van der Waals surface area (Å²) < 4.78 is 1.42. The molecule has 0 atom stereocenters. The molecule has 2 heterocycles. The molecular weight excluding hydrogens is 326 g/mol. The zero-order valence-electron chi connectivity index (χ0n) is 14.5. The number of aryl methyl sites for hydroxylation is 2. The summed E-state index contributed by atoms with van der Waals surface area (Å²) in [4.78, 5) is 17.6. The summed E-state index contributed by atoms with van der Waals surface area (Å²) in [5, 5.41) is 8.20. The number of aromatic nitrogens is 4. The molecule has 0 unspecified atom stereocenters. The SMILES string of the molecule is Cc1ccc(-c2cc(C(=O)Nn3cnnc3)c3ccccc3n2)cc1C. The lowest BCUT2D eigenvalue weighted by Crippen LogP contribution is -2.22. The highest BCUT2D eigenvalue weighted by Crippen LogP contribution is 2.26. The molecular formula is C20H17N5O. The number of hydrogen-bond acceptors (Lipinski definition) is 4. The van der Waals surface area contributed by atoms with Gasteiger partial charge in [-0.3, -0.25) is 10.2 Å². The molecule has 0 radical (unpaired) electrons. The third-order valence-electron chi connectivity index (χ3n) is 4.41. The van der Waals surface area contributed by atoms with Gasteiger partial charge in [0.15, 0.2) is 0 Å². The molecule has 0 saturated carbocycles. The van der Waals surface area contributed by atoms with Gasteiger partial charge in [-0.05, 0) is 43.2 Å². The van der Waals surface area contributed by atoms with Crippen LogP contribution in [-0.2, 0) is 0 Å². The second kappa shape index (κ2) is 6.40. The smallest absolute Gasteiger partial charge is 0.267 e. The quantitative estimate of drug-likeness (QED) is 0.618. The van der Waals surface area contributed by atoms with Crippen LogP contribution in [0, 0.1) is 13.8 Å². The lowest BCUT2D eigenvalue weighted by atomic mass is 10.0. The molecule has 0 fully saturated rings. The van der Waals surface area contributed by atoms with Crippen molar-refractivity contribution in [1.29, 1.82) is 0 Å². The topological polar surface area (TPSA) is 72.7 Å². The summed E-state index contributed by atoms with van der Waals surface area (Å²) in [6, 6.07) is 15.6. The summed E-state index contributed by atoms with van der Waals surface area (Å²) in [6.45, 7) is 4.14. The van der Waals surface area contributed by atoms with Crippen LogP contribution in [0.1, 0.15) is 21.5 Å². The van der Waals surface area contributed by atoms with Crippen molar-refractivity contribution in [2.75, 3.05) is 5.43 Å². The van der Waals surface area contributed by atoms with E-state index < -0.39 is 0 Å². The Hall–Kier alpha value is -3.54. The van der Waals surface area contributed by atoms with Crippen LogP contribution in [0.3, 0.4) is 0 Å². The van der Waals surface area contributed by atoms with Gasteiger partial charge in [-0.1, -0.05) is 30.3 Å². The second-order valence-electron chi connectivity index (χ2n) is 6.18. The van der Waals surface area contributed by atoms with E-state index >= 15 is 0 Å². The molecule has 4 rings (SSSR count). The Bertz CT molecular complexity index is 1100. The number of hydrogen-bond donors (Lipinski definition) is 1. The lowest BCUT2D eigenvalue weighted by molar-refractivity contribution is 0.101. The maximum Gasteiger partial charge on any atom is 0.270 e. The van der Waals surface area contributed by atoms with Gasteiger partial charge in [-0.25, -0.2) is 9.66 Å². The normalized spacial score (nSPS) is 10.8. The Labute approximate surface area is 150 Å². The van der Waals surface area contributed by atoms with Gasteiger partial charge in [-0.2, -0.15) is 0 Å². The Morgan fingerprint density at radius 3 is 2.50 bits per heavy atom. The van der Waals surface area contributed by atoms with Gasteiger partial charge in [0.1, 0.15) is 12.7 Å². The van der Waals surface area contributed by atoms with Crippen LogP contribution in [0.4, 0.5) is 0 Å². The molecule has 0 aliphatic carbocycles. The molecule has 128 valence electrons. The van der Waals surface area contributed by atoms with E-state index in [1.165, 1.54) is 28.5 Å². The standard InChI is InChI=1S/C20H17N5O/c1-13-7-8-15(9-14(13)2)19-10-17(16-5-3-4-6-18(16)23-19)20(26)24-25-11-21-22-12-25/h3-12H,1-2H3,(H,24,26). The zero-order valence-corrected chi connectivity index (χ0v) is 14.5. The van der Waals surface area contributed by atoms with Crippen LogP contribution in [0.15, 0.2) is 61.2 Å². The lowest BCUT2D eigenvalue weighted by Gasteiger charge is -2.11. The van der Waals surface area contributed by atoms with Crippen LogP contribution in [0.5, 0.6) is 0 Å². The van der Waals surface area contributed by atoms with Gasteiger partial charge < -0.3 is 0 Å². The number of carbonyl (C=O) groups excluding carboxylic acids is 1. The molecule has 6 nitrogen and oxygen atoms in total. The molecule has 0 spiro atoms. The fraction of sp³-hybridized carbons (Fsp3) is 0.100. The molecule has 0 aliphatic heterocycles. The molecule has 4 aromatic rings. The van der Waals surface area contributed by atoms with Gasteiger partial charge in [0.05, 0.1) is 16.8 Å². The van der Waals surface area contributed by atoms with Crippen molar-refractivity contribution < 1.29 is 4.79 Å². The number of rotatable bonds is 3. The van der Waals surface area contributed by atoms with Gasteiger partial charge in [0.2, 0.25) is 0 Å². The van der Waals surface area contributed by atoms with Crippen molar-refractivity contribution >= 4 is 16.8 Å². The summed E-state index contributed by atoms with van der Waals surface area (Å²) in [7, 11) is 0. The number of nitrogens with zero attached hydrogens (tertiary/aromatic N) is 4. The van der Waals surface area contributed by atoms with Gasteiger partial charge in [0, 0.05) is 10.9 Å². The maximum absolute atomic E-state index is 12.8.